The van der Waals surface area contributed by atoms with Gasteiger partial charge in [-0.1, -0.05) is 6.92 Å². The fraction of sp³-hybridized carbons (Fsp3) is 0.571. The van der Waals surface area contributed by atoms with E-state index in [2.05, 4.69) is 46.4 Å². The summed E-state index contributed by atoms with van der Waals surface area (Å²) in [6.45, 7) is 7.09. The second-order valence-electron chi connectivity index (χ2n) is 5.03. The first-order valence-corrected chi connectivity index (χ1v) is 7.15. The molecule has 0 radical (unpaired) electrons. The molecule has 0 amide bonds. The predicted octanol–water partition coefficient (Wildman–Crippen LogP) is 1.55. The number of hydrogen-bond acceptors (Lipinski definition) is 6. The molecule has 0 aliphatic rings. The summed E-state index contributed by atoms with van der Waals surface area (Å²) < 4.78 is 6.98. The van der Waals surface area contributed by atoms with Crippen molar-refractivity contribution in [3.63, 3.8) is 0 Å². The molecule has 0 aromatic carbocycles. The van der Waals surface area contributed by atoms with Crippen LogP contribution in [0.4, 0.5) is 0 Å². The second kappa shape index (κ2) is 7.12. The van der Waals surface area contributed by atoms with E-state index in [1.54, 1.807) is 13.4 Å². The lowest BCUT2D eigenvalue weighted by Crippen LogP contribution is -2.26. The van der Waals surface area contributed by atoms with Gasteiger partial charge in [-0.2, -0.15) is 10.2 Å². The minimum absolute atomic E-state index is 0.0510. The third-order valence-corrected chi connectivity index (χ3v) is 3.20. The maximum atomic E-state index is 5.04. The highest BCUT2D eigenvalue weighted by atomic mass is 16.5. The molecule has 2 heterocycles. The summed E-state index contributed by atoms with van der Waals surface area (Å²) in [6, 6.07) is 4.08. The zero-order chi connectivity index (χ0) is 15.2. The molecule has 1 atom stereocenters. The van der Waals surface area contributed by atoms with Crippen LogP contribution in [0, 0.1) is 0 Å². The lowest BCUT2D eigenvalue weighted by Gasteiger charge is -2.18. The maximum absolute atomic E-state index is 5.04. The topological polar surface area (TPSA) is 77.8 Å². The Labute approximate surface area is 124 Å². The van der Waals surface area contributed by atoms with Crippen molar-refractivity contribution in [3.8, 4) is 5.88 Å². The summed E-state index contributed by atoms with van der Waals surface area (Å²) in [5.74, 6) is 1.45. The van der Waals surface area contributed by atoms with Crippen LogP contribution < -0.4 is 10.1 Å². The minimum atomic E-state index is 0.0510. The van der Waals surface area contributed by atoms with Crippen LogP contribution in [0.15, 0.2) is 18.5 Å². The van der Waals surface area contributed by atoms with Crippen LogP contribution in [0.2, 0.25) is 0 Å². The predicted molar refractivity (Wildman–Crippen MR) is 79.1 cm³/mol. The van der Waals surface area contributed by atoms with E-state index in [0.717, 1.165) is 18.1 Å². The molecule has 0 bridgehead atoms. The summed E-state index contributed by atoms with van der Waals surface area (Å²) in [7, 11) is 1.58. The summed E-state index contributed by atoms with van der Waals surface area (Å²) in [5.41, 5.74) is 0.871. The molecule has 0 aliphatic carbocycles. The molecule has 0 aliphatic heterocycles. The maximum Gasteiger partial charge on any atom is 0.233 e. The molecule has 21 heavy (non-hydrogen) atoms. The van der Waals surface area contributed by atoms with E-state index < -0.39 is 0 Å². The van der Waals surface area contributed by atoms with Crippen molar-refractivity contribution >= 4 is 0 Å². The van der Waals surface area contributed by atoms with Crippen LogP contribution in [0.1, 0.15) is 44.4 Å². The number of likely N-dealkylation sites (N-methyl/N-ethyl adjacent to an activating group) is 1. The molecule has 7 heteroatoms. The number of aromatic nitrogens is 5. The largest absolute Gasteiger partial charge is 0.480 e. The highest BCUT2D eigenvalue weighted by Gasteiger charge is 2.18. The molecule has 114 valence electrons. The van der Waals surface area contributed by atoms with E-state index in [9.17, 15) is 0 Å². The molecular weight excluding hydrogens is 268 g/mol. The molecule has 2 aromatic rings. The Morgan fingerprint density at radius 1 is 1.29 bits per heavy atom. The molecular formula is C14H22N6O. The Kier molecular flexibility index (Phi) is 5.21. The Hall–Kier alpha value is -2.02. The molecule has 7 nitrogen and oxygen atoms in total. The Morgan fingerprint density at radius 3 is 2.67 bits per heavy atom. The second-order valence-corrected chi connectivity index (χ2v) is 5.03. The van der Waals surface area contributed by atoms with Gasteiger partial charge in [0.25, 0.3) is 0 Å². The number of ether oxygens (including phenoxy) is 1. The van der Waals surface area contributed by atoms with Gasteiger partial charge in [-0.3, -0.25) is 0 Å². The number of rotatable bonds is 7. The quantitative estimate of drug-likeness (QED) is 0.833. The zero-order valence-corrected chi connectivity index (χ0v) is 12.9. The highest BCUT2D eigenvalue weighted by Crippen LogP contribution is 2.18. The van der Waals surface area contributed by atoms with Gasteiger partial charge in [-0.05, 0) is 26.5 Å². The van der Waals surface area contributed by atoms with Crippen molar-refractivity contribution in [1.82, 2.24) is 30.3 Å². The van der Waals surface area contributed by atoms with Crippen LogP contribution >= 0.6 is 0 Å². The first-order valence-electron chi connectivity index (χ1n) is 7.15. The molecule has 1 N–H and O–H groups in total. The van der Waals surface area contributed by atoms with E-state index in [4.69, 9.17) is 4.74 Å². The van der Waals surface area contributed by atoms with Crippen molar-refractivity contribution in [1.29, 1.82) is 0 Å². The van der Waals surface area contributed by atoms with Gasteiger partial charge in [0.15, 0.2) is 0 Å². The van der Waals surface area contributed by atoms with E-state index in [-0.39, 0.29) is 12.1 Å². The van der Waals surface area contributed by atoms with Gasteiger partial charge in [0.2, 0.25) is 5.88 Å². The van der Waals surface area contributed by atoms with Gasteiger partial charge >= 0.3 is 0 Å². The molecule has 2 rings (SSSR count). The summed E-state index contributed by atoms with van der Waals surface area (Å²) >= 11 is 0. The third kappa shape index (κ3) is 3.75. The zero-order valence-electron chi connectivity index (χ0n) is 12.9. The van der Waals surface area contributed by atoms with Crippen molar-refractivity contribution in [3.05, 3.63) is 30.0 Å². The summed E-state index contributed by atoms with van der Waals surface area (Å²) in [4.78, 5) is 4.36. The first-order chi connectivity index (χ1) is 10.2. The fourth-order valence-electron chi connectivity index (χ4n) is 2.19. The number of methoxy groups -OCH3 is 1. The summed E-state index contributed by atoms with van der Waals surface area (Å²) in [5, 5.41) is 15.9. The smallest absolute Gasteiger partial charge is 0.233 e. The van der Waals surface area contributed by atoms with Crippen LogP contribution in [-0.2, 0) is 6.42 Å². The standard InChI is InChI=1S/C14H22N6O/c1-5-15-12(11-6-7-14(21-4)19-18-11)8-13-16-9-17-20(13)10(2)3/h6-7,9-10,12,15H,5,8H2,1-4H3. The molecule has 2 aromatic heterocycles. The first kappa shape index (κ1) is 15.4. The van der Waals surface area contributed by atoms with Crippen molar-refractivity contribution in [2.45, 2.75) is 39.3 Å². The average molecular weight is 290 g/mol. The highest BCUT2D eigenvalue weighted by molar-refractivity contribution is 5.15. The van der Waals surface area contributed by atoms with E-state index in [0.29, 0.717) is 12.3 Å². The van der Waals surface area contributed by atoms with E-state index in [1.807, 2.05) is 16.8 Å². The lowest BCUT2D eigenvalue weighted by molar-refractivity contribution is 0.388. The van der Waals surface area contributed by atoms with Crippen molar-refractivity contribution in [2.24, 2.45) is 0 Å². The van der Waals surface area contributed by atoms with Gasteiger partial charge in [0, 0.05) is 18.5 Å². The Balaban J connectivity index is 2.19. The molecule has 0 spiro atoms. The number of nitrogens with zero attached hydrogens (tertiary/aromatic N) is 5. The molecule has 1 unspecified atom stereocenters. The Bertz CT molecular complexity index is 551. The van der Waals surface area contributed by atoms with Crippen LogP contribution in [-0.4, -0.2) is 38.6 Å². The average Bonchev–Trinajstić information content (AvgIpc) is 2.95. The minimum Gasteiger partial charge on any atom is -0.480 e. The van der Waals surface area contributed by atoms with Gasteiger partial charge in [-0.25, -0.2) is 9.67 Å². The fourth-order valence-corrected chi connectivity index (χ4v) is 2.19. The molecule has 0 fully saturated rings. The van der Waals surface area contributed by atoms with E-state index >= 15 is 0 Å². The van der Waals surface area contributed by atoms with Gasteiger partial charge < -0.3 is 10.1 Å². The number of hydrogen-bond donors (Lipinski definition) is 1. The SMILES string of the molecule is CCNC(Cc1ncnn1C(C)C)c1ccc(OC)nn1. The summed E-state index contributed by atoms with van der Waals surface area (Å²) in [6.07, 6.45) is 2.31. The van der Waals surface area contributed by atoms with Gasteiger partial charge in [0.1, 0.15) is 12.2 Å². The lowest BCUT2D eigenvalue weighted by atomic mass is 10.1. The van der Waals surface area contributed by atoms with Crippen LogP contribution in [0.5, 0.6) is 5.88 Å². The van der Waals surface area contributed by atoms with Crippen LogP contribution in [0.3, 0.4) is 0 Å². The van der Waals surface area contributed by atoms with E-state index in [1.165, 1.54) is 0 Å². The molecule has 0 saturated carbocycles. The van der Waals surface area contributed by atoms with Crippen molar-refractivity contribution in [2.75, 3.05) is 13.7 Å². The third-order valence-electron chi connectivity index (χ3n) is 3.20. The van der Waals surface area contributed by atoms with Gasteiger partial charge in [-0.15, -0.1) is 5.10 Å². The number of nitrogens with one attached hydrogen (secondary N) is 1. The van der Waals surface area contributed by atoms with Crippen LogP contribution in [0.25, 0.3) is 0 Å². The monoisotopic (exact) mass is 290 g/mol. The Morgan fingerprint density at radius 2 is 2.10 bits per heavy atom. The van der Waals surface area contributed by atoms with Crippen molar-refractivity contribution < 1.29 is 4.74 Å². The molecule has 0 saturated heterocycles. The normalized spacial score (nSPS) is 12.6. The van der Waals surface area contributed by atoms with Gasteiger partial charge in [0.05, 0.1) is 18.8 Å².